The van der Waals surface area contributed by atoms with Crippen LogP contribution < -0.4 is 5.32 Å². The number of nitrogens with zero attached hydrogens (tertiary/aromatic N) is 4. The van der Waals surface area contributed by atoms with Gasteiger partial charge in [0.25, 0.3) is 0 Å². The highest BCUT2D eigenvalue weighted by Crippen LogP contribution is 2.26. The maximum atomic E-state index is 13.9. The van der Waals surface area contributed by atoms with Crippen LogP contribution in [0, 0.1) is 26.6 Å². The van der Waals surface area contributed by atoms with Crippen molar-refractivity contribution in [2.75, 3.05) is 11.1 Å². The van der Waals surface area contributed by atoms with Crippen molar-refractivity contribution in [3.05, 3.63) is 57.9 Å². The molecule has 27 heavy (non-hydrogen) atoms. The molecular formula is C18H17ClFN5OS. The number of hydrogen-bond donors (Lipinski definition) is 1. The summed E-state index contributed by atoms with van der Waals surface area (Å²) in [5.41, 5.74) is 4.14. The number of carbonyl (C=O) groups excluding carboxylic acids is 1. The zero-order valence-corrected chi connectivity index (χ0v) is 16.5. The van der Waals surface area contributed by atoms with E-state index < -0.39 is 5.82 Å². The average molecular weight is 406 g/mol. The van der Waals surface area contributed by atoms with Crippen LogP contribution in [0.1, 0.15) is 16.7 Å². The van der Waals surface area contributed by atoms with Gasteiger partial charge in [-0.2, -0.15) is 4.68 Å². The summed E-state index contributed by atoms with van der Waals surface area (Å²) in [5.74, 6) is -1.02. The van der Waals surface area contributed by atoms with Gasteiger partial charge in [-0.1, -0.05) is 47.1 Å². The van der Waals surface area contributed by atoms with Gasteiger partial charge < -0.3 is 5.32 Å². The fourth-order valence-electron chi connectivity index (χ4n) is 2.83. The van der Waals surface area contributed by atoms with E-state index in [1.807, 2.05) is 32.9 Å². The molecule has 1 N–H and O–H groups in total. The van der Waals surface area contributed by atoms with Crippen molar-refractivity contribution in [3.8, 4) is 5.69 Å². The molecule has 0 aliphatic heterocycles. The molecule has 1 aromatic heterocycles. The fourth-order valence-corrected chi connectivity index (χ4v) is 3.68. The number of aryl methyl sites for hydroxylation is 3. The smallest absolute Gasteiger partial charge is 0.234 e. The van der Waals surface area contributed by atoms with E-state index in [4.69, 9.17) is 11.6 Å². The Hall–Kier alpha value is -2.45. The van der Waals surface area contributed by atoms with Crippen LogP contribution in [0.4, 0.5) is 10.1 Å². The number of aromatic nitrogens is 4. The summed E-state index contributed by atoms with van der Waals surface area (Å²) in [5, 5.41) is 14.7. The maximum absolute atomic E-state index is 13.9. The van der Waals surface area contributed by atoms with Crippen molar-refractivity contribution >= 4 is 35.0 Å². The number of carbonyl (C=O) groups is 1. The number of hydrogen-bond acceptors (Lipinski definition) is 5. The number of anilines is 1. The highest BCUT2D eigenvalue weighted by Gasteiger charge is 2.16. The molecule has 2 aromatic carbocycles. The molecule has 0 fully saturated rings. The summed E-state index contributed by atoms with van der Waals surface area (Å²) in [6.45, 7) is 6.00. The number of tetrazole rings is 1. The molecule has 140 valence electrons. The highest BCUT2D eigenvalue weighted by molar-refractivity contribution is 7.99. The second-order valence-electron chi connectivity index (χ2n) is 6.06. The van der Waals surface area contributed by atoms with E-state index in [9.17, 15) is 9.18 Å². The van der Waals surface area contributed by atoms with Crippen molar-refractivity contribution in [2.45, 2.75) is 25.9 Å². The summed E-state index contributed by atoms with van der Waals surface area (Å²) in [6, 6.07) is 8.53. The summed E-state index contributed by atoms with van der Waals surface area (Å²) in [4.78, 5) is 12.2. The molecule has 3 aromatic rings. The molecule has 0 saturated carbocycles. The first-order valence-electron chi connectivity index (χ1n) is 8.10. The molecular weight excluding hydrogens is 389 g/mol. The van der Waals surface area contributed by atoms with E-state index >= 15 is 0 Å². The Morgan fingerprint density at radius 2 is 1.96 bits per heavy atom. The van der Waals surface area contributed by atoms with E-state index in [0.717, 1.165) is 22.4 Å². The van der Waals surface area contributed by atoms with Crippen molar-refractivity contribution < 1.29 is 9.18 Å². The van der Waals surface area contributed by atoms with Crippen LogP contribution >= 0.6 is 23.4 Å². The third-order valence-electron chi connectivity index (χ3n) is 3.85. The topological polar surface area (TPSA) is 72.7 Å². The Kier molecular flexibility index (Phi) is 5.76. The normalized spacial score (nSPS) is 10.9. The summed E-state index contributed by atoms with van der Waals surface area (Å²) in [7, 11) is 0. The number of nitrogens with one attached hydrogen (secondary N) is 1. The molecule has 3 rings (SSSR count). The standard InChI is InChI=1S/C18H17ClFN5OS/c1-10-7-11(2)17(12(3)8-10)25-18(22-23-24-25)27-9-15(26)21-14-6-4-5-13(19)16(14)20/h4-8H,9H2,1-3H3,(H,21,26). The van der Waals surface area contributed by atoms with Gasteiger partial charge in [-0.15, -0.1) is 5.10 Å². The minimum absolute atomic E-state index is 0.0241. The van der Waals surface area contributed by atoms with Crippen molar-refractivity contribution in [3.63, 3.8) is 0 Å². The molecule has 1 heterocycles. The van der Waals surface area contributed by atoms with Gasteiger partial charge in [0.15, 0.2) is 5.82 Å². The van der Waals surface area contributed by atoms with E-state index in [1.165, 1.54) is 23.9 Å². The van der Waals surface area contributed by atoms with E-state index in [-0.39, 0.29) is 22.4 Å². The molecule has 6 nitrogen and oxygen atoms in total. The summed E-state index contributed by atoms with van der Waals surface area (Å²) < 4.78 is 15.5. The Morgan fingerprint density at radius 3 is 2.67 bits per heavy atom. The molecule has 0 aliphatic rings. The first kappa shape index (κ1) is 19.3. The quantitative estimate of drug-likeness (QED) is 0.646. The van der Waals surface area contributed by atoms with Gasteiger partial charge in [-0.25, -0.2) is 4.39 Å². The monoisotopic (exact) mass is 405 g/mol. The van der Waals surface area contributed by atoms with Gasteiger partial charge in [0.05, 0.1) is 22.2 Å². The van der Waals surface area contributed by atoms with E-state index in [0.29, 0.717) is 5.16 Å². The molecule has 9 heteroatoms. The Bertz CT molecular complexity index is 984. The van der Waals surface area contributed by atoms with Crippen molar-refractivity contribution in [1.29, 1.82) is 0 Å². The van der Waals surface area contributed by atoms with E-state index in [2.05, 4.69) is 20.8 Å². The Balaban J connectivity index is 1.74. The lowest BCUT2D eigenvalue weighted by Gasteiger charge is -2.12. The number of halogens is 2. The largest absolute Gasteiger partial charge is 0.323 e. The molecule has 0 aliphatic carbocycles. The second kappa shape index (κ2) is 8.06. The van der Waals surface area contributed by atoms with Gasteiger partial charge in [0, 0.05) is 0 Å². The molecule has 0 saturated heterocycles. The first-order chi connectivity index (χ1) is 12.9. The van der Waals surface area contributed by atoms with Gasteiger partial charge in [-0.05, 0) is 54.5 Å². The van der Waals surface area contributed by atoms with Crippen LogP contribution in [-0.2, 0) is 4.79 Å². The number of benzene rings is 2. The van der Waals surface area contributed by atoms with Crippen LogP contribution in [0.2, 0.25) is 5.02 Å². The summed E-state index contributed by atoms with van der Waals surface area (Å²) >= 11 is 6.89. The number of rotatable bonds is 5. The summed E-state index contributed by atoms with van der Waals surface area (Å²) in [6.07, 6.45) is 0. The number of amides is 1. The average Bonchev–Trinajstić information content (AvgIpc) is 3.04. The van der Waals surface area contributed by atoms with E-state index in [1.54, 1.807) is 10.7 Å². The van der Waals surface area contributed by atoms with Gasteiger partial charge in [0.2, 0.25) is 11.1 Å². The maximum Gasteiger partial charge on any atom is 0.234 e. The second-order valence-corrected chi connectivity index (χ2v) is 7.41. The fraction of sp³-hybridized carbons (Fsp3) is 0.222. The molecule has 0 bridgehead atoms. The Labute approximate surface area is 165 Å². The zero-order valence-electron chi connectivity index (χ0n) is 15.0. The first-order valence-corrected chi connectivity index (χ1v) is 9.46. The molecule has 0 atom stereocenters. The zero-order chi connectivity index (χ0) is 19.6. The third-order valence-corrected chi connectivity index (χ3v) is 5.06. The molecule has 0 spiro atoms. The minimum Gasteiger partial charge on any atom is -0.323 e. The van der Waals surface area contributed by atoms with Crippen molar-refractivity contribution in [2.24, 2.45) is 0 Å². The van der Waals surface area contributed by atoms with Gasteiger partial charge in [0.1, 0.15) is 0 Å². The van der Waals surface area contributed by atoms with Crippen LogP contribution in [-0.4, -0.2) is 31.9 Å². The van der Waals surface area contributed by atoms with Crippen LogP contribution in [0.5, 0.6) is 0 Å². The predicted molar refractivity (Wildman–Crippen MR) is 104 cm³/mol. The minimum atomic E-state index is -0.659. The Morgan fingerprint density at radius 1 is 1.26 bits per heavy atom. The van der Waals surface area contributed by atoms with Gasteiger partial charge in [-0.3, -0.25) is 4.79 Å². The van der Waals surface area contributed by atoms with Crippen LogP contribution in [0.25, 0.3) is 5.69 Å². The van der Waals surface area contributed by atoms with Crippen LogP contribution in [0.3, 0.4) is 0 Å². The molecule has 0 radical (unpaired) electrons. The lowest BCUT2D eigenvalue weighted by molar-refractivity contribution is -0.113. The van der Waals surface area contributed by atoms with Crippen molar-refractivity contribution in [1.82, 2.24) is 20.2 Å². The molecule has 0 unspecified atom stereocenters. The number of thioether (sulfide) groups is 1. The van der Waals surface area contributed by atoms with Crippen LogP contribution in [0.15, 0.2) is 35.5 Å². The third kappa shape index (κ3) is 4.28. The highest BCUT2D eigenvalue weighted by atomic mass is 35.5. The SMILES string of the molecule is Cc1cc(C)c(-n2nnnc2SCC(=O)Nc2cccc(Cl)c2F)c(C)c1. The predicted octanol–water partition coefficient (Wildman–Crippen LogP) is 4.11. The lowest BCUT2D eigenvalue weighted by Crippen LogP contribution is -2.16. The lowest BCUT2D eigenvalue weighted by atomic mass is 10.1. The van der Waals surface area contributed by atoms with Gasteiger partial charge >= 0.3 is 0 Å². The molecule has 1 amide bonds.